The Morgan fingerprint density at radius 2 is 1.96 bits per heavy atom. The molecule has 0 amide bonds. The average Bonchev–Trinajstić information content (AvgIpc) is 3.21. The van der Waals surface area contributed by atoms with Crippen molar-refractivity contribution >= 4 is 11.1 Å². The Labute approximate surface area is 148 Å². The number of fused-ring (bicyclic) bond motifs is 1. The summed E-state index contributed by atoms with van der Waals surface area (Å²) in [5.41, 5.74) is 3.18. The van der Waals surface area contributed by atoms with Crippen LogP contribution < -0.4 is 0 Å². The van der Waals surface area contributed by atoms with Gasteiger partial charge in [0.2, 0.25) is 5.89 Å². The van der Waals surface area contributed by atoms with E-state index in [9.17, 15) is 8.78 Å². The largest absolute Gasteiger partial charge is 0.439 e. The molecule has 0 fully saturated rings. The van der Waals surface area contributed by atoms with E-state index in [0.717, 1.165) is 22.7 Å². The molecule has 7 heteroatoms. The number of aromatic amines is 1. The fourth-order valence-corrected chi connectivity index (χ4v) is 2.92. The Morgan fingerprint density at radius 3 is 2.77 bits per heavy atom. The molecule has 2 aromatic carbocycles. The number of rotatable bonds is 5. The first-order valence-corrected chi connectivity index (χ1v) is 8.11. The van der Waals surface area contributed by atoms with Gasteiger partial charge in [-0.15, -0.1) is 0 Å². The predicted molar refractivity (Wildman–Crippen MR) is 93.1 cm³/mol. The van der Waals surface area contributed by atoms with Crippen molar-refractivity contribution in [3.05, 3.63) is 71.8 Å². The summed E-state index contributed by atoms with van der Waals surface area (Å²) in [5.74, 6) is -0.635. The highest BCUT2D eigenvalue weighted by atomic mass is 19.1. The van der Waals surface area contributed by atoms with Crippen LogP contribution in [0.4, 0.5) is 8.78 Å². The molecule has 2 heterocycles. The zero-order chi connectivity index (χ0) is 18.1. The lowest BCUT2D eigenvalue weighted by Crippen LogP contribution is -2.17. The van der Waals surface area contributed by atoms with Gasteiger partial charge in [0.05, 0.1) is 18.4 Å². The number of halogens is 2. The van der Waals surface area contributed by atoms with Gasteiger partial charge in [0.25, 0.3) is 0 Å². The van der Waals surface area contributed by atoms with Crippen LogP contribution in [-0.4, -0.2) is 27.1 Å². The fraction of sp³-hybridized carbons (Fsp3) is 0.158. The van der Waals surface area contributed by atoms with Crippen LogP contribution in [0.25, 0.3) is 22.4 Å². The molecule has 132 valence electrons. The first kappa shape index (κ1) is 16.4. The SMILES string of the molecule is CN(Cc1nc2ccccc2o1)Cc1cn[nH]c1-c1ccc(F)cc1F. The normalized spacial score (nSPS) is 11.5. The van der Waals surface area contributed by atoms with Crippen LogP contribution in [-0.2, 0) is 13.1 Å². The zero-order valence-corrected chi connectivity index (χ0v) is 14.0. The molecule has 0 spiro atoms. The second-order valence-electron chi connectivity index (χ2n) is 6.14. The van der Waals surface area contributed by atoms with Crippen molar-refractivity contribution in [2.45, 2.75) is 13.1 Å². The lowest BCUT2D eigenvalue weighted by molar-refractivity contribution is 0.285. The van der Waals surface area contributed by atoms with Crippen LogP contribution in [0.3, 0.4) is 0 Å². The molecule has 0 bridgehead atoms. The van der Waals surface area contributed by atoms with Crippen molar-refractivity contribution in [2.75, 3.05) is 7.05 Å². The van der Waals surface area contributed by atoms with E-state index in [1.807, 2.05) is 36.2 Å². The van der Waals surface area contributed by atoms with Crippen LogP contribution in [0.5, 0.6) is 0 Å². The van der Waals surface area contributed by atoms with E-state index < -0.39 is 11.6 Å². The number of H-pyrrole nitrogens is 1. The molecule has 2 aromatic heterocycles. The maximum absolute atomic E-state index is 14.1. The van der Waals surface area contributed by atoms with Gasteiger partial charge in [-0.1, -0.05) is 12.1 Å². The van der Waals surface area contributed by atoms with Gasteiger partial charge >= 0.3 is 0 Å². The van der Waals surface area contributed by atoms with Crippen LogP contribution >= 0.6 is 0 Å². The number of hydrogen-bond acceptors (Lipinski definition) is 4. The predicted octanol–water partition coefficient (Wildman–Crippen LogP) is 4.13. The van der Waals surface area contributed by atoms with E-state index in [2.05, 4.69) is 15.2 Å². The van der Waals surface area contributed by atoms with Crippen LogP contribution in [0.2, 0.25) is 0 Å². The Bertz CT molecular complexity index is 1020. The molecule has 26 heavy (non-hydrogen) atoms. The standard InChI is InChI=1S/C19H16F2N4O/c1-25(11-18-23-16-4-2-3-5-17(16)26-18)10-12-9-22-24-19(12)14-7-6-13(20)8-15(14)21/h2-9H,10-11H2,1H3,(H,22,24). The molecule has 0 aliphatic rings. The molecule has 0 unspecified atom stereocenters. The highest BCUT2D eigenvalue weighted by Crippen LogP contribution is 2.26. The fourth-order valence-electron chi connectivity index (χ4n) is 2.92. The third-order valence-corrected chi connectivity index (χ3v) is 4.10. The first-order valence-electron chi connectivity index (χ1n) is 8.11. The van der Waals surface area contributed by atoms with Gasteiger partial charge in [-0.2, -0.15) is 5.10 Å². The average molecular weight is 354 g/mol. The van der Waals surface area contributed by atoms with Crippen molar-refractivity contribution in [1.29, 1.82) is 0 Å². The number of nitrogens with zero attached hydrogens (tertiary/aromatic N) is 3. The van der Waals surface area contributed by atoms with E-state index in [1.54, 1.807) is 6.20 Å². The Kier molecular flexibility index (Phi) is 4.22. The molecule has 0 saturated heterocycles. The Morgan fingerprint density at radius 1 is 1.12 bits per heavy atom. The molecule has 4 rings (SSSR count). The highest BCUT2D eigenvalue weighted by Gasteiger charge is 2.15. The summed E-state index contributed by atoms with van der Waals surface area (Å²) in [4.78, 5) is 6.44. The molecular weight excluding hydrogens is 338 g/mol. The molecule has 0 aliphatic carbocycles. The number of hydrogen-bond donors (Lipinski definition) is 1. The molecule has 0 radical (unpaired) electrons. The molecule has 0 atom stereocenters. The summed E-state index contributed by atoms with van der Waals surface area (Å²) in [6.45, 7) is 0.993. The number of para-hydroxylation sites is 2. The van der Waals surface area contributed by atoms with Gasteiger partial charge < -0.3 is 4.42 Å². The highest BCUT2D eigenvalue weighted by molar-refractivity contribution is 5.72. The summed E-state index contributed by atoms with van der Waals surface area (Å²) < 4.78 is 32.9. The molecule has 4 aromatic rings. The smallest absolute Gasteiger partial charge is 0.209 e. The lowest BCUT2D eigenvalue weighted by Gasteiger charge is -2.14. The van der Waals surface area contributed by atoms with Crippen LogP contribution in [0.1, 0.15) is 11.5 Å². The minimum atomic E-state index is -0.628. The second-order valence-corrected chi connectivity index (χ2v) is 6.14. The third-order valence-electron chi connectivity index (χ3n) is 4.10. The third kappa shape index (κ3) is 3.21. The van der Waals surface area contributed by atoms with Crippen LogP contribution in [0.15, 0.2) is 53.1 Å². The zero-order valence-electron chi connectivity index (χ0n) is 14.0. The maximum atomic E-state index is 14.1. The van der Waals surface area contributed by atoms with Gasteiger partial charge in [-0.25, -0.2) is 13.8 Å². The summed E-state index contributed by atoms with van der Waals surface area (Å²) in [6, 6.07) is 11.1. The van der Waals surface area contributed by atoms with Crippen molar-refractivity contribution in [2.24, 2.45) is 0 Å². The maximum Gasteiger partial charge on any atom is 0.209 e. The minimum Gasteiger partial charge on any atom is -0.439 e. The van der Waals surface area contributed by atoms with Crippen molar-refractivity contribution in [1.82, 2.24) is 20.1 Å². The topological polar surface area (TPSA) is 58.0 Å². The Hall–Kier alpha value is -3.06. The number of benzene rings is 2. The van der Waals surface area contributed by atoms with Gasteiger partial charge in [0.15, 0.2) is 5.58 Å². The van der Waals surface area contributed by atoms with Crippen molar-refractivity contribution in [3.63, 3.8) is 0 Å². The molecule has 1 N–H and O–H groups in total. The summed E-state index contributed by atoms with van der Waals surface area (Å²) in [5, 5.41) is 6.80. The second kappa shape index (κ2) is 6.68. The van der Waals surface area contributed by atoms with E-state index >= 15 is 0 Å². The first-order chi connectivity index (χ1) is 12.6. The van der Waals surface area contributed by atoms with Crippen molar-refractivity contribution in [3.8, 4) is 11.3 Å². The van der Waals surface area contributed by atoms with E-state index in [0.29, 0.717) is 24.7 Å². The Balaban J connectivity index is 1.53. The van der Waals surface area contributed by atoms with Crippen molar-refractivity contribution < 1.29 is 13.2 Å². The van der Waals surface area contributed by atoms with Gasteiger partial charge in [0, 0.05) is 23.7 Å². The molecule has 5 nitrogen and oxygen atoms in total. The van der Waals surface area contributed by atoms with Gasteiger partial charge in [0.1, 0.15) is 17.2 Å². The van der Waals surface area contributed by atoms with Gasteiger partial charge in [-0.3, -0.25) is 10.00 Å². The summed E-state index contributed by atoms with van der Waals surface area (Å²) in [7, 11) is 1.91. The minimum absolute atomic E-state index is 0.286. The summed E-state index contributed by atoms with van der Waals surface area (Å²) >= 11 is 0. The van der Waals surface area contributed by atoms with Crippen LogP contribution in [0, 0.1) is 11.6 Å². The molecular formula is C19H16F2N4O. The van der Waals surface area contributed by atoms with E-state index in [-0.39, 0.29) is 5.56 Å². The number of aromatic nitrogens is 3. The molecule has 0 saturated carbocycles. The quantitative estimate of drug-likeness (QED) is 0.585. The van der Waals surface area contributed by atoms with E-state index in [1.165, 1.54) is 12.1 Å². The number of nitrogens with one attached hydrogen (secondary N) is 1. The molecule has 0 aliphatic heterocycles. The summed E-state index contributed by atoms with van der Waals surface area (Å²) in [6.07, 6.45) is 1.64. The number of oxazole rings is 1. The lowest BCUT2D eigenvalue weighted by atomic mass is 10.1. The van der Waals surface area contributed by atoms with Gasteiger partial charge in [-0.05, 0) is 31.3 Å². The van der Waals surface area contributed by atoms with E-state index in [4.69, 9.17) is 4.42 Å². The monoisotopic (exact) mass is 354 g/mol.